The predicted molar refractivity (Wildman–Crippen MR) is 83.1 cm³/mol. The first kappa shape index (κ1) is 18.5. The lowest BCUT2D eigenvalue weighted by Crippen LogP contribution is -2.46. The van der Waals surface area contributed by atoms with Gasteiger partial charge in [-0.1, -0.05) is 25.4 Å². The lowest BCUT2D eigenvalue weighted by molar-refractivity contribution is -0.139. The van der Waals surface area contributed by atoms with Crippen molar-refractivity contribution in [3.8, 4) is 0 Å². The minimum atomic E-state index is -4.61. The van der Waals surface area contributed by atoms with E-state index in [1.807, 2.05) is 18.7 Å². The smallest absolute Gasteiger partial charge is 0.314 e. The van der Waals surface area contributed by atoms with E-state index in [2.05, 4.69) is 5.32 Å². The molecule has 7 heteroatoms. The van der Waals surface area contributed by atoms with Gasteiger partial charge in [0.05, 0.1) is 10.6 Å². The Labute approximate surface area is 138 Å². The highest BCUT2D eigenvalue weighted by atomic mass is 35.5. The second-order valence-electron chi connectivity index (χ2n) is 6.25. The Morgan fingerprint density at radius 1 is 1.22 bits per heavy atom. The number of alkyl halides is 3. The normalized spacial score (nSPS) is 18.4. The van der Waals surface area contributed by atoms with Crippen molar-refractivity contribution in [3.63, 3.8) is 0 Å². The highest BCUT2D eigenvalue weighted by Gasteiger charge is 2.39. The largest absolute Gasteiger partial charge is 0.416 e. The Morgan fingerprint density at radius 2 is 1.83 bits per heavy atom. The Morgan fingerprint density at radius 3 is 2.35 bits per heavy atom. The Bertz CT molecular complexity index is 540. The third-order valence-corrected chi connectivity index (χ3v) is 4.35. The van der Waals surface area contributed by atoms with Gasteiger partial charge in [0.2, 0.25) is 0 Å². The summed E-state index contributed by atoms with van der Waals surface area (Å²) in [5.74, 6) is -0.819. The molecule has 0 amide bonds. The van der Waals surface area contributed by atoms with E-state index < -0.39 is 23.6 Å². The summed E-state index contributed by atoms with van der Waals surface area (Å²) in [4.78, 5) is 1.92. The fourth-order valence-corrected chi connectivity index (χ4v) is 3.19. The summed E-state index contributed by atoms with van der Waals surface area (Å²) in [6.45, 7) is 6.37. The molecular weight excluding hydrogens is 332 g/mol. The molecule has 1 aliphatic heterocycles. The molecule has 2 nitrogen and oxygen atoms in total. The predicted octanol–water partition coefficient (Wildman–Crippen LogP) is 4.49. The molecule has 1 heterocycles. The van der Waals surface area contributed by atoms with Gasteiger partial charge >= 0.3 is 6.18 Å². The van der Waals surface area contributed by atoms with Crippen LogP contribution in [0.5, 0.6) is 0 Å². The molecule has 0 bridgehead atoms. The van der Waals surface area contributed by atoms with Crippen LogP contribution in [0.1, 0.15) is 37.4 Å². The van der Waals surface area contributed by atoms with Crippen LogP contribution in [0, 0.1) is 11.7 Å². The van der Waals surface area contributed by atoms with Crippen LogP contribution in [0.15, 0.2) is 12.1 Å². The van der Waals surface area contributed by atoms with Crippen LogP contribution in [0.25, 0.3) is 0 Å². The highest BCUT2D eigenvalue weighted by molar-refractivity contribution is 6.30. The van der Waals surface area contributed by atoms with Gasteiger partial charge in [0.1, 0.15) is 5.82 Å². The van der Waals surface area contributed by atoms with E-state index in [1.165, 1.54) is 0 Å². The van der Waals surface area contributed by atoms with Gasteiger partial charge in [-0.15, -0.1) is 0 Å². The molecule has 1 fully saturated rings. The van der Waals surface area contributed by atoms with Gasteiger partial charge in [0.25, 0.3) is 0 Å². The molecule has 1 aromatic carbocycles. The van der Waals surface area contributed by atoms with E-state index in [9.17, 15) is 17.6 Å². The maximum absolute atomic E-state index is 14.6. The Kier molecular flexibility index (Phi) is 5.92. The molecule has 2 rings (SSSR count). The van der Waals surface area contributed by atoms with Crippen LogP contribution in [0.2, 0.25) is 5.02 Å². The van der Waals surface area contributed by atoms with E-state index in [0.29, 0.717) is 32.6 Å². The number of halogens is 5. The van der Waals surface area contributed by atoms with Crippen molar-refractivity contribution < 1.29 is 17.6 Å². The highest BCUT2D eigenvalue weighted by Crippen LogP contribution is 2.41. The minimum absolute atomic E-state index is 0.134. The summed E-state index contributed by atoms with van der Waals surface area (Å²) in [6, 6.07) is 1.23. The lowest BCUT2D eigenvalue weighted by atomic mass is 9.91. The van der Waals surface area contributed by atoms with Gasteiger partial charge in [-0.3, -0.25) is 4.90 Å². The van der Waals surface area contributed by atoms with Crippen molar-refractivity contribution in [2.24, 2.45) is 5.92 Å². The third-order valence-electron chi connectivity index (χ3n) is 4.06. The number of hydrogen-bond acceptors (Lipinski definition) is 2. The van der Waals surface area contributed by atoms with Crippen molar-refractivity contribution in [1.29, 1.82) is 0 Å². The van der Waals surface area contributed by atoms with Gasteiger partial charge in [-0.05, 0) is 24.5 Å². The molecule has 0 unspecified atom stereocenters. The first-order valence-electron chi connectivity index (χ1n) is 7.71. The lowest BCUT2D eigenvalue weighted by Gasteiger charge is -2.37. The Balaban J connectivity index is 2.54. The second kappa shape index (κ2) is 7.36. The fourth-order valence-electron chi connectivity index (χ4n) is 3.03. The maximum Gasteiger partial charge on any atom is 0.416 e. The van der Waals surface area contributed by atoms with Gasteiger partial charge in [0, 0.05) is 37.8 Å². The number of nitrogens with zero attached hydrogens (tertiary/aromatic N) is 1. The van der Waals surface area contributed by atoms with Crippen molar-refractivity contribution in [1.82, 2.24) is 10.2 Å². The molecule has 0 spiro atoms. The van der Waals surface area contributed by atoms with Crippen molar-refractivity contribution >= 4 is 11.6 Å². The fraction of sp³-hybridized carbons (Fsp3) is 0.625. The van der Waals surface area contributed by atoms with Crippen LogP contribution < -0.4 is 5.32 Å². The van der Waals surface area contributed by atoms with Gasteiger partial charge < -0.3 is 5.32 Å². The SMILES string of the molecule is CC(C)C[C@H](c1c(C(F)(F)F)ccc(Cl)c1F)N1CCNCC1. The number of benzene rings is 1. The number of piperazine rings is 1. The number of hydrogen-bond donors (Lipinski definition) is 1. The standard InChI is InChI=1S/C16H21ClF4N2/c1-10(2)9-13(23-7-5-22-6-8-23)14-11(16(19,20)21)3-4-12(17)15(14)18/h3-4,10,13,22H,5-9H2,1-2H3/t13-/m1/s1. The van der Waals surface area contributed by atoms with Gasteiger partial charge in [-0.25, -0.2) is 4.39 Å². The molecule has 0 aliphatic carbocycles. The molecule has 1 atom stereocenters. The first-order chi connectivity index (χ1) is 10.7. The van der Waals surface area contributed by atoms with E-state index in [4.69, 9.17) is 11.6 Å². The summed E-state index contributed by atoms with van der Waals surface area (Å²) in [6.07, 6.45) is -4.16. The Hall–Kier alpha value is -0.850. The second-order valence-corrected chi connectivity index (χ2v) is 6.66. The summed E-state index contributed by atoms with van der Waals surface area (Å²) < 4.78 is 54.7. The van der Waals surface area contributed by atoms with E-state index in [-0.39, 0.29) is 16.5 Å². The van der Waals surface area contributed by atoms with E-state index in [1.54, 1.807) is 0 Å². The van der Waals surface area contributed by atoms with Crippen molar-refractivity contribution in [3.05, 3.63) is 34.1 Å². The zero-order valence-electron chi connectivity index (χ0n) is 13.2. The van der Waals surface area contributed by atoms with E-state index >= 15 is 0 Å². The van der Waals surface area contributed by atoms with Crippen LogP contribution in [0.3, 0.4) is 0 Å². The molecule has 0 radical (unpaired) electrons. The maximum atomic E-state index is 14.6. The average Bonchev–Trinajstić information content (AvgIpc) is 2.47. The molecule has 130 valence electrons. The van der Waals surface area contributed by atoms with Gasteiger partial charge in [0.15, 0.2) is 0 Å². The summed E-state index contributed by atoms with van der Waals surface area (Å²) in [5.41, 5.74) is -1.25. The minimum Gasteiger partial charge on any atom is -0.314 e. The molecular formula is C16H21ClF4N2. The van der Waals surface area contributed by atoms with Crippen LogP contribution in [-0.4, -0.2) is 31.1 Å². The molecule has 1 aromatic rings. The number of rotatable bonds is 4. The molecule has 0 saturated carbocycles. The zero-order chi connectivity index (χ0) is 17.2. The topological polar surface area (TPSA) is 15.3 Å². The zero-order valence-corrected chi connectivity index (χ0v) is 13.9. The van der Waals surface area contributed by atoms with Gasteiger partial charge in [-0.2, -0.15) is 13.2 Å². The van der Waals surface area contributed by atoms with Crippen molar-refractivity contribution in [2.75, 3.05) is 26.2 Å². The molecule has 1 saturated heterocycles. The molecule has 1 N–H and O–H groups in total. The van der Waals surface area contributed by atoms with Crippen molar-refractivity contribution in [2.45, 2.75) is 32.5 Å². The molecule has 1 aliphatic rings. The van der Waals surface area contributed by atoms with E-state index in [0.717, 1.165) is 12.1 Å². The summed E-state index contributed by atoms with van der Waals surface area (Å²) in [5, 5.41) is 2.89. The summed E-state index contributed by atoms with van der Waals surface area (Å²) >= 11 is 5.78. The third kappa shape index (κ3) is 4.37. The monoisotopic (exact) mass is 352 g/mol. The average molecular weight is 353 g/mol. The van der Waals surface area contributed by atoms with Crippen LogP contribution in [0.4, 0.5) is 17.6 Å². The number of nitrogens with one attached hydrogen (secondary N) is 1. The van der Waals surface area contributed by atoms with Crippen LogP contribution in [-0.2, 0) is 6.18 Å². The van der Waals surface area contributed by atoms with Crippen LogP contribution >= 0.6 is 11.6 Å². The first-order valence-corrected chi connectivity index (χ1v) is 8.09. The molecule has 0 aromatic heterocycles. The summed E-state index contributed by atoms with van der Waals surface area (Å²) in [7, 11) is 0. The quantitative estimate of drug-likeness (QED) is 0.803. The molecule has 23 heavy (non-hydrogen) atoms.